The van der Waals surface area contributed by atoms with Gasteiger partial charge in [-0.15, -0.1) is 0 Å². The van der Waals surface area contributed by atoms with E-state index in [1.807, 2.05) is 30.3 Å². The van der Waals surface area contributed by atoms with Gasteiger partial charge in [-0.1, -0.05) is 83.1 Å². The molecular weight excluding hydrogens is 492 g/mol. The van der Waals surface area contributed by atoms with Gasteiger partial charge >= 0.3 is 5.97 Å². The summed E-state index contributed by atoms with van der Waals surface area (Å²) in [4.78, 5) is 30.0. The number of rotatable bonds is 10. The van der Waals surface area contributed by atoms with Gasteiger partial charge < -0.3 is 20.0 Å². The van der Waals surface area contributed by atoms with Gasteiger partial charge in [0.1, 0.15) is 12.4 Å². The zero-order valence-electron chi connectivity index (χ0n) is 23.6. The molecule has 0 aliphatic carbocycles. The number of nitrogens with zero attached hydrogens (tertiary/aromatic N) is 1. The Bertz CT molecular complexity index is 1320. The molecule has 0 heterocycles. The second kappa shape index (κ2) is 12.6. The molecule has 3 aromatic rings. The summed E-state index contributed by atoms with van der Waals surface area (Å²) in [6, 6.07) is 19.9. The number of ether oxygens (including phenoxy) is 1. The van der Waals surface area contributed by atoms with Gasteiger partial charge in [0, 0.05) is 18.1 Å². The van der Waals surface area contributed by atoms with Gasteiger partial charge in [-0.05, 0) is 51.8 Å². The minimum absolute atomic E-state index is 0.00183. The molecule has 0 bridgehead atoms. The zero-order chi connectivity index (χ0) is 28.6. The standard InChI is InChI=1S/C32H38N2O5/c1-31(2,3)24-14-12-22(13-15-24)29(35)34-28-20-25(16-17-26(28)30(36)37)38-18-9-19-39-33-21-23-10-7-8-11-27(23)32(4,5)6/h7-8,10-17,20-21H,9,18-19H2,1-6H3,(H,34,35)(H,36,37). The fourth-order valence-corrected chi connectivity index (χ4v) is 3.97. The van der Waals surface area contributed by atoms with Crippen molar-refractivity contribution < 1.29 is 24.3 Å². The van der Waals surface area contributed by atoms with Gasteiger partial charge in [-0.25, -0.2) is 4.79 Å². The van der Waals surface area contributed by atoms with Crippen molar-refractivity contribution in [3.05, 3.63) is 94.5 Å². The summed E-state index contributed by atoms with van der Waals surface area (Å²) in [5.74, 6) is -1.09. The molecule has 7 nitrogen and oxygen atoms in total. The van der Waals surface area contributed by atoms with E-state index in [4.69, 9.17) is 9.57 Å². The normalized spacial score (nSPS) is 11.8. The maximum atomic E-state index is 12.8. The third-order valence-electron chi connectivity index (χ3n) is 6.17. The van der Waals surface area contributed by atoms with Crippen molar-refractivity contribution >= 4 is 23.8 Å². The highest BCUT2D eigenvalue weighted by Crippen LogP contribution is 2.26. The third-order valence-corrected chi connectivity index (χ3v) is 6.17. The SMILES string of the molecule is CC(C)(C)c1ccc(C(=O)Nc2cc(OCCCON=Cc3ccccc3C(C)(C)C)ccc2C(=O)O)cc1. The predicted molar refractivity (Wildman–Crippen MR) is 155 cm³/mol. The molecule has 7 heteroatoms. The first-order valence-electron chi connectivity index (χ1n) is 13.0. The van der Waals surface area contributed by atoms with Crippen molar-refractivity contribution in [3.63, 3.8) is 0 Å². The lowest BCUT2D eigenvalue weighted by molar-refractivity contribution is 0.0698. The molecule has 0 aliphatic heterocycles. The number of carbonyl (C=O) groups is 2. The minimum atomic E-state index is -1.14. The van der Waals surface area contributed by atoms with Crippen LogP contribution in [0.4, 0.5) is 5.69 Å². The third kappa shape index (κ3) is 8.43. The van der Waals surface area contributed by atoms with Crippen LogP contribution in [0.25, 0.3) is 0 Å². The molecule has 0 saturated heterocycles. The Morgan fingerprint density at radius 3 is 2.23 bits per heavy atom. The number of nitrogens with one attached hydrogen (secondary N) is 1. The molecule has 1 amide bonds. The summed E-state index contributed by atoms with van der Waals surface area (Å²) in [6.07, 6.45) is 2.29. The van der Waals surface area contributed by atoms with Crippen LogP contribution in [-0.2, 0) is 15.7 Å². The lowest BCUT2D eigenvalue weighted by Crippen LogP contribution is -2.16. The predicted octanol–water partition coefficient (Wildman–Crippen LogP) is 7.05. The zero-order valence-corrected chi connectivity index (χ0v) is 23.6. The molecule has 206 valence electrons. The molecule has 3 aromatic carbocycles. The summed E-state index contributed by atoms with van der Waals surface area (Å²) < 4.78 is 5.77. The molecule has 0 fully saturated rings. The second-order valence-electron chi connectivity index (χ2n) is 11.4. The Labute approximate surface area is 230 Å². The van der Waals surface area contributed by atoms with Crippen LogP contribution in [-0.4, -0.2) is 36.4 Å². The molecule has 0 radical (unpaired) electrons. The van der Waals surface area contributed by atoms with Crippen LogP contribution in [0.5, 0.6) is 5.75 Å². The van der Waals surface area contributed by atoms with Gasteiger partial charge in [0.15, 0.2) is 0 Å². The molecule has 0 aliphatic rings. The van der Waals surface area contributed by atoms with Gasteiger partial charge in [-0.3, -0.25) is 4.79 Å². The first-order valence-corrected chi connectivity index (χ1v) is 13.0. The van der Waals surface area contributed by atoms with E-state index in [9.17, 15) is 14.7 Å². The fraction of sp³-hybridized carbons (Fsp3) is 0.344. The van der Waals surface area contributed by atoms with Crippen molar-refractivity contribution in [2.24, 2.45) is 5.16 Å². The van der Waals surface area contributed by atoms with Crippen LogP contribution in [0.1, 0.15) is 85.4 Å². The lowest BCUT2D eigenvalue weighted by atomic mass is 9.84. The van der Waals surface area contributed by atoms with Gasteiger partial charge in [-0.2, -0.15) is 0 Å². The van der Waals surface area contributed by atoms with Crippen molar-refractivity contribution in [1.82, 2.24) is 0 Å². The molecule has 0 atom stereocenters. The second-order valence-corrected chi connectivity index (χ2v) is 11.4. The van der Waals surface area contributed by atoms with E-state index in [2.05, 4.69) is 58.1 Å². The first kappa shape index (κ1) is 29.4. The fourth-order valence-electron chi connectivity index (χ4n) is 3.97. The lowest BCUT2D eigenvalue weighted by Gasteiger charge is -2.21. The number of carboxylic acids is 1. The van der Waals surface area contributed by atoms with Crippen molar-refractivity contribution in [2.45, 2.75) is 58.8 Å². The number of hydrogen-bond acceptors (Lipinski definition) is 5. The average Bonchev–Trinajstić information content (AvgIpc) is 2.87. The number of anilines is 1. The Balaban J connectivity index is 1.56. The highest BCUT2D eigenvalue weighted by molar-refractivity contribution is 6.07. The quantitative estimate of drug-likeness (QED) is 0.166. The van der Waals surface area contributed by atoms with Crippen LogP contribution in [0.15, 0.2) is 71.9 Å². The van der Waals surface area contributed by atoms with Crippen molar-refractivity contribution in [2.75, 3.05) is 18.5 Å². The van der Waals surface area contributed by atoms with Gasteiger partial charge in [0.05, 0.1) is 24.1 Å². The van der Waals surface area contributed by atoms with E-state index in [1.165, 1.54) is 17.7 Å². The van der Waals surface area contributed by atoms with Crippen molar-refractivity contribution in [3.8, 4) is 5.75 Å². The molecular formula is C32H38N2O5. The number of amides is 1. The van der Waals surface area contributed by atoms with E-state index in [-0.39, 0.29) is 22.1 Å². The summed E-state index contributed by atoms with van der Waals surface area (Å²) in [5, 5.41) is 16.4. The van der Waals surface area contributed by atoms with E-state index in [0.29, 0.717) is 30.9 Å². The maximum absolute atomic E-state index is 12.8. The molecule has 0 unspecified atom stereocenters. The molecule has 0 saturated carbocycles. The van der Waals surface area contributed by atoms with E-state index < -0.39 is 11.9 Å². The molecule has 39 heavy (non-hydrogen) atoms. The summed E-state index contributed by atoms with van der Waals surface area (Å²) >= 11 is 0. The Morgan fingerprint density at radius 2 is 1.59 bits per heavy atom. The Hall–Kier alpha value is -4.13. The van der Waals surface area contributed by atoms with E-state index >= 15 is 0 Å². The van der Waals surface area contributed by atoms with Crippen LogP contribution in [0.3, 0.4) is 0 Å². The summed E-state index contributed by atoms with van der Waals surface area (Å²) in [5.41, 5.74) is 3.86. The van der Waals surface area contributed by atoms with E-state index in [1.54, 1.807) is 24.4 Å². The van der Waals surface area contributed by atoms with Crippen molar-refractivity contribution in [1.29, 1.82) is 0 Å². The topological polar surface area (TPSA) is 97.2 Å². The minimum Gasteiger partial charge on any atom is -0.493 e. The first-order chi connectivity index (χ1) is 18.4. The highest BCUT2D eigenvalue weighted by Gasteiger charge is 2.18. The monoisotopic (exact) mass is 530 g/mol. The van der Waals surface area contributed by atoms with Crippen LogP contribution >= 0.6 is 0 Å². The van der Waals surface area contributed by atoms with Crippen LogP contribution in [0.2, 0.25) is 0 Å². The summed E-state index contributed by atoms with van der Waals surface area (Å²) in [6.45, 7) is 13.4. The number of carbonyl (C=O) groups excluding carboxylic acids is 1. The Morgan fingerprint density at radius 1 is 0.897 bits per heavy atom. The number of aromatic carboxylic acids is 1. The van der Waals surface area contributed by atoms with Crippen LogP contribution < -0.4 is 10.1 Å². The number of benzene rings is 3. The smallest absolute Gasteiger partial charge is 0.337 e. The van der Waals surface area contributed by atoms with Gasteiger partial charge in [0.25, 0.3) is 5.91 Å². The molecule has 0 aromatic heterocycles. The number of hydrogen-bond donors (Lipinski definition) is 2. The highest BCUT2D eigenvalue weighted by atomic mass is 16.6. The molecule has 3 rings (SSSR count). The molecule has 0 spiro atoms. The van der Waals surface area contributed by atoms with Gasteiger partial charge in [0.2, 0.25) is 0 Å². The number of oxime groups is 1. The van der Waals surface area contributed by atoms with E-state index in [0.717, 1.165) is 11.1 Å². The summed E-state index contributed by atoms with van der Waals surface area (Å²) in [7, 11) is 0. The van der Waals surface area contributed by atoms with Crippen LogP contribution in [0, 0.1) is 0 Å². The number of carboxylic acid groups (broad SMARTS) is 1. The maximum Gasteiger partial charge on any atom is 0.337 e. The Kier molecular flexibility index (Phi) is 9.51. The largest absolute Gasteiger partial charge is 0.493 e. The molecule has 2 N–H and O–H groups in total. The average molecular weight is 531 g/mol.